The Morgan fingerprint density at radius 1 is 1.15 bits per heavy atom. The van der Waals surface area contributed by atoms with Crippen molar-refractivity contribution >= 4 is 29.1 Å². The highest BCUT2D eigenvalue weighted by atomic mass is 32.1. The lowest BCUT2D eigenvalue weighted by Gasteiger charge is -2.24. The predicted octanol–water partition coefficient (Wildman–Crippen LogP) is 4.25. The van der Waals surface area contributed by atoms with E-state index in [0.717, 1.165) is 22.6 Å². The van der Waals surface area contributed by atoms with E-state index >= 15 is 0 Å². The standard InChI is InChI=1S/C29H25FN4O5S/c1-5-39-28(36)25-17(3)31-29-33(26(25)19-6-8-21(30)9-7-19)27(35)24(40-29)15-20-14-16(2)32(18(20)4)22-10-12-23(13-11-22)34(37)38/h6-15,26H,5H2,1-4H3/b24-15-/t26-/m0/s1. The number of carbonyl (C=O) groups is 1. The normalized spacial score (nSPS) is 15.1. The van der Waals surface area contributed by atoms with Gasteiger partial charge in [0.05, 0.1) is 33.4 Å². The second kappa shape index (κ2) is 10.5. The number of fused-ring (bicyclic) bond motifs is 1. The number of esters is 1. The number of hydrogen-bond donors (Lipinski definition) is 0. The summed E-state index contributed by atoms with van der Waals surface area (Å²) in [6.07, 6.45) is 1.78. The van der Waals surface area contributed by atoms with Gasteiger partial charge in [0.25, 0.3) is 11.2 Å². The van der Waals surface area contributed by atoms with E-state index in [0.29, 0.717) is 20.6 Å². The van der Waals surface area contributed by atoms with Gasteiger partial charge in [0, 0.05) is 29.2 Å². The zero-order chi connectivity index (χ0) is 28.7. The highest BCUT2D eigenvalue weighted by Gasteiger charge is 2.33. The van der Waals surface area contributed by atoms with Gasteiger partial charge in [-0.15, -0.1) is 0 Å². The third-order valence-electron chi connectivity index (χ3n) is 6.78. The quantitative estimate of drug-likeness (QED) is 0.199. The number of nitro groups is 1. The maximum absolute atomic E-state index is 13.8. The van der Waals surface area contributed by atoms with Crippen LogP contribution in [-0.4, -0.2) is 26.6 Å². The van der Waals surface area contributed by atoms with Gasteiger partial charge < -0.3 is 9.30 Å². The molecule has 40 heavy (non-hydrogen) atoms. The number of aromatic nitrogens is 2. The van der Waals surface area contributed by atoms with Crippen LogP contribution in [0.15, 0.2) is 75.7 Å². The van der Waals surface area contributed by atoms with Gasteiger partial charge in [0.1, 0.15) is 5.82 Å². The number of benzene rings is 2. The van der Waals surface area contributed by atoms with Crippen LogP contribution in [0.4, 0.5) is 10.1 Å². The van der Waals surface area contributed by atoms with Gasteiger partial charge in [-0.3, -0.25) is 19.5 Å². The lowest BCUT2D eigenvalue weighted by molar-refractivity contribution is -0.384. The lowest BCUT2D eigenvalue weighted by Crippen LogP contribution is -2.39. The minimum Gasteiger partial charge on any atom is -0.463 e. The van der Waals surface area contributed by atoms with Crippen molar-refractivity contribution in [1.82, 2.24) is 9.13 Å². The van der Waals surface area contributed by atoms with Crippen LogP contribution in [0.3, 0.4) is 0 Å². The first-order chi connectivity index (χ1) is 19.1. The number of halogens is 1. The molecule has 4 aromatic rings. The smallest absolute Gasteiger partial charge is 0.338 e. The fraction of sp³-hybridized carbons (Fsp3) is 0.207. The number of thiazole rings is 1. The van der Waals surface area contributed by atoms with E-state index in [1.807, 2.05) is 24.5 Å². The van der Waals surface area contributed by atoms with Crippen LogP contribution in [0.5, 0.6) is 0 Å². The van der Waals surface area contributed by atoms with E-state index in [1.165, 1.54) is 40.2 Å². The van der Waals surface area contributed by atoms with Crippen molar-refractivity contribution in [3.63, 3.8) is 0 Å². The van der Waals surface area contributed by atoms with Gasteiger partial charge in [-0.2, -0.15) is 0 Å². The zero-order valence-electron chi connectivity index (χ0n) is 22.2. The molecular weight excluding hydrogens is 535 g/mol. The summed E-state index contributed by atoms with van der Waals surface area (Å²) >= 11 is 1.20. The van der Waals surface area contributed by atoms with Crippen LogP contribution in [0.25, 0.3) is 11.8 Å². The number of ether oxygens (including phenoxy) is 1. The van der Waals surface area contributed by atoms with Crippen LogP contribution in [0.2, 0.25) is 0 Å². The fourth-order valence-corrected chi connectivity index (χ4v) is 5.99. The Bertz CT molecular complexity index is 1870. The molecule has 0 N–H and O–H groups in total. The number of aryl methyl sites for hydroxylation is 1. The average Bonchev–Trinajstić information content (AvgIpc) is 3.37. The maximum Gasteiger partial charge on any atom is 0.338 e. The lowest BCUT2D eigenvalue weighted by atomic mass is 9.96. The van der Waals surface area contributed by atoms with Crippen molar-refractivity contribution < 1.29 is 18.8 Å². The molecule has 0 amide bonds. The molecule has 11 heteroatoms. The van der Waals surface area contributed by atoms with Crippen LogP contribution in [-0.2, 0) is 9.53 Å². The summed E-state index contributed by atoms with van der Waals surface area (Å²) in [6, 6.07) is 13.0. The molecule has 204 valence electrons. The summed E-state index contributed by atoms with van der Waals surface area (Å²) < 4.78 is 22.9. The third-order valence-corrected chi connectivity index (χ3v) is 7.76. The molecule has 3 heterocycles. The third kappa shape index (κ3) is 4.68. The fourth-order valence-electron chi connectivity index (χ4n) is 4.95. The number of nitrogens with zero attached hydrogens (tertiary/aromatic N) is 4. The Morgan fingerprint density at radius 3 is 2.45 bits per heavy atom. The first-order valence-corrected chi connectivity index (χ1v) is 13.3. The first-order valence-electron chi connectivity index (χ1n) is 12.5. The van der Waals surface area contributed by atoms with E-state index < -0.39 is 22.8 Å². The molecule has 0 saturated carbocycles. The number of rotatable bonds is 6. The van der Waals surface area contributed by atoms with Crippen LogP contribution >= 0.6 is 11.3 Å². The van der Waals surface area contributed by atoms with Crippen molar-refractivity contribution in [2.75, 3.05) is 6.61 Å². The Labute approximate surface area is 232 Å². The van der Waals surface area contributed by atoms with Crippen molar-refractivity contribution in [2.45, 2.75) is 33.7 Å². The molecule has 5 rings (SSSR count). The zero-order valence-corrected chi connectivity index (χ0v) is 23.0. The average molecular weight is 561 g/mol. The minimum atomic E-state index is -0.828. The first kappa shape index (κ1) is 26.9. The topological polar surface area (TPSA) is 109 Å². The molecule has 0 unspecified atom stereocenters. The maximum atomic E-state index is 13.8. The van der Waals surface area contributed by atoms with E-state index in [-0.39, 0.29) is 23.4 Å². The number of allylic oxidation sites excluding steroid dienone is 1. The van der Waals surface area contributed by atoms with E-state index in [9.17, 15) is 24.1 Å². The largest absolute Gasteiger partial charge is 0.463 e. The molecule has 0 spiro atoms. The molecule has 0 saturated heterocycles. The summed E-state index contributed by atoms with van der Waals surface area (Å²) in [5.41, 5.74) is 4.15. The molecular formula is C29H25FN4O5S. The van der Waals surface area contributed by atoms with Gasteiger partial charge >= 0.3 is 5.97 Å². The van der Waals surface area contributed by atoms with Crippen molar-refractivity contribution in [3.05, 3.63) is 124 Å². The SMILES string of the molecule is CCOC(=O)C1=C(C)N=c2s/c(=C\c3cc(C)n(-c4ccc([N+](=O)[O-])cc4)c3C)c(=O)n2[C@H]1c1ccc(F)cc1. The Morgan fingerprint density at radius 2 is 1.82 bits per heavy atom. The summed E-state index contributed by atoms with van der Waals surface area (Å²) in [4.78, 5) is 42.4. The molecule has 1 aliphatic heterocycles. The number of hydrogen-bond acceptors (Lipinski definition) is 7. The van der Waals surface area contributed by atoms with Gasteiger partial charge in [-0.25, -0.2) is 14.2 Å². The van der Waals surface area contributed by atoms with E-state index in [1.54, 1.807) is 44.2 Å². The molecule has 9 nitrogen and oxygen atoms in total. The molecule has 1 atom stereocenters. The van der Waals surface area contributed by atoms with Gasteiger partial charge in [-0.1, -0.05) is 23.5 Å². The molecule has 2 aromatic carbocycles. The van der Waals surface area contributed by atoms with Gasteiger partial charge in [-0.05, 0) is 75.2 Å². The Hall–Kier alpha value is -4.64. The molecule has 0 fully saturated rings. The molecule has 1 aliphatic rings. The highest BCUT2D eigenvalue weighted by molar-refractivity contribution is 7.07. The number of nitro benzene ring substituents is 1. The number of carbonyl (C=O) groups excluding carboxylic acids is 1. The van der Waals surface area contributed by atoms with Crippen LogP contribution in [0, 0.1) is 29.8 Å². The molecule has 0 aliphatic carbocycles. The van der Waals surface area contributed by atoms with E-state index in [4.69, 9.17) is 4.74 Å². The predicted molar refractivity (Wildman–Crippen MR) is 149 cm³/mol. The second-order valence-electron chi connectivity index (χ2n) is 9.29. The molecule has 0 bridgehead atoms. The molecule has 2 aromatic heterocycles. The summed E-state index contributed by atoms with van der Waals surface area (Å²) in [6.45, 7) is 7.36. The van der Waals surface area contributed by atoms with E-state index in [2.05, 4.69) is 4.99 Å². The summed E-state index contributed by atoms with van der Waals surface area (Å²) in [5, 5.41) is 11.1. The van der Waals surface area contributed by atoms with Gasteiger partial charge in [0.2, 0.25) is 0 Å². The number of non-ortho nitro benzene ring substituents is 1. The van der Waals surface area contributed by atoms with Crippen LogP contribution < -0.4 is 14.9 Å². The summed E-state index contributed by atoms with van der Waals surface area (Å²) in [5.74, 6) is -1.02. The Balaban J connectivity index is 1.66. The van der Waals surface area contributed by atoms with Crippen molar-refractivity contribution in [1.29, 1.82) is 0 Å². The second-order valence-corrected chi connectivity index (χ2v) is 10.3. The van der Waals surface area contributed by atoms with Gasteiger partial charge in [0.15, 0.2) is 4.80 Å². The minimum absolute atomic E-state index is 0.000681. The molecule has 0 radical (unpaired) electrons. The van der Waals surface area contributed by atoms with Crippen molar-refractivity contribution in [3.8, 4) is 5.69 Å². The Kier molecular flexibility index (Phi) is 7.07. The van der Waals surface area contributed by atoms with Crippen LogP contribution in [0.1, 0.15) is 42.4 Å². The highest BCUT2D eigenvalue weighted by Crippen LogP contribution is 2.31. The summed E-state index contributed by atoms with van der Waals surface area (Å²) in [7, 11) is 0. The monoisotopic (exact) mass is 560 g/mol. The van der Waals surface area contributed by atoms with Crippen molar-refractivity contribution in [2.24, 2.45) is 4.99 Å².